The molecule has 2 nitrogen and oxygen atoms in total. The third-order valence-electron chi connectivity index (χ3n) is 2.99. The number of nitrogens with zero attached hydrogens (tertiary/aromatic N) is 1. The lowest BCUT2D eigenvalue weighted by Gasteiger charge is -2.08. The first-order valence-electron chi connectivity index (χ1n) is 6.17. The molecule has 3 aromatic rings. The highest BCUT2D eigenvalue weighted by Gasteiger charge is 2.04. The number of anilines is 1. The van der Waals surface area contributed by atoms with Crippen molar-refractivity contribution < 1.29 is 0 Å². The Balaban J connectivity index is 1.80. The third-order valence-corrected chi connectivity index (χ3v) is 4.93. The smallest absolute Gasteiger partial charge is 0.0907 e. The van der Waals surface area contributed by atoms with Crippen molar-refractivity contribution in [3.63, 3.8) is 0 Å². The van der Waals surface area contributed by atoms with Crippen molar-refractivity contribution in [3.05, 3.63) is 56.5 Å². The van der Waals surface area contributed by atoms with Crippen molar-refractivity contribution in [2.75, 3.05) is 5.32 Å². The van der Waals surface area contributed by atoms with Crippen LogP contribution in [0.1, 0.15) is 10.6 Å². The predicted molar refractivity (Wildman–Crippen MR) is 90.8 cm³/mol. The molecule has 3 rings (SSSR count). The van der Waals surface area contributed by atoms with Gasteiger partial charge in [-0.15, -0.1) is 11.3 Å². The number of aryl methyl sites for hydroxylation is 1. The topological polar surface area (TPSA) is 24.9 Å². The van der Waals surface area contributed by atoms with E-state index in [9.17, 15) is 0 Å². The molecule has 2 aromatic carbocycles. The Kier molecular flexibility index (Phi) is 3.96. The van der Waals surface area contributed by atoms with Gasteiger partial charge in [0, 0.05) is 21.7 Å². The number of hydrogen-bond acceptors (Lipinski definition) is 3. The van der Waals surface area contributed by atoms with Crippen LogP contribution in [0.5, 0.6) is 0 Å². The van der Waals surface area contributed by atoms with E-state index in [1.807, 2.05) is 31.2 Å². The molecule has 0 aliphatic heterocycles. The molecule has 20 heavy (non-hydrogen) atoms. The largest absolute Gasteiger partial charge is 0.381 e. The van der Waals surface area contributed by atoms with Gasteiger partial charge in [-0.3, -0.25) is 0 Å². The van der Waals surface area contributed by atoms with Gasteiger partial charge in [-0.05, 0) is 48.9 Å². The van der Waals surface area contributed by atoms with Gasteiger partial charge in [0.05, 0.1) is 15.2 Å². The molecule has 0 fully saturated rings. The van der Waals surface area contributed by atoms with Crippen LogP contribution in [0, 0.1) is 6.92 Å². The second kappa shape index (κ2) is 5.72. The van der Waals surface area contributed by atoms with Crippen LogP contribution < -0.4 is 5.32 Å². The van der Waals surface area contributed by atoms with Crippen molar-refractivity contribution in [3.8, 4) is 0 Å². The molecule has 0 spiro atoms. The molecule has 0 amide bonds. The lowest BCUT2D eigenvalue weighted by atomic mass is 10.2. The van der Waals surface area contributed by atoms with Crippen LogP contribution >= 0.6 is 38.9 Å². The van der Waals surface area contributed by atoms with Crippen molar-refractivity contribution in [2.45, 2.75) is 13.5 Å². The van der Waals surface area contributed by atoms with Crippen LogP contribution in [-0.4, -0.2) is 4.98 Å². The maximum atomic E-state index is 6.02. The summed E-state index contributed by atoms with van der Waals surface area (Å²) in [4.78, 5) is 4.46. The van der Waals surface area contributed by atoms with Crippen LogP contribution in [0.2, 0.25) is 5.02 Å². The van der Waals surface area contributed by atoms with Crippen LogP contribution in [0.25, 0.3) is 10.2 Å². The fourth-order valence-corrected chi connectivity index (χ4v) is 3.47. The first kappa shape index (κ1) is 13.9. The molecule has 0 radical (unpaired) electrons. The molecule has 0 saturated carbocycles. The van der Waals surface area contributed by atoms with Crippen molar-refractivity contribution in [1.29, 1.82) is 0 Å². The maximum absolute atomic E-state index is 6.02. The van der Waals surface area contributed by atoms with E-state index in [2.05, 4.69) is 38.4 Å². The molecule has 1 aromatic heterocycles. The normalized spacial score (nSPS) is 10.9. The maximum Gasteiger partial charge on any atom is 0.0907 e. The summed E-state index contributed by atoms with van der Waals surface area (Å²) in [6.45, 7) is 2.76. The molecular formula is C15H12BrClN2S. The monoisotopic (exact) mass is 366 g/mol. The minimum atomic E-state index is 0.727. The summed E-state index contributed by atoms with van der Waals surface area (Å²) in [6, 6.07) is 12.1. The first-order valence-corrected chi connectivity index (χ1v) is 8.15. The third kappa shape index (κ3) is 2.97. The van der Waals surface area contributed by atoms with Crippen LogP contribution in [0.15, 0.2) is 40.9 Å². The van der Waals surface area contributed by atoms with E-state index in [4.69, 9.17) is 11.6 Å². The number of fused-ring (bicyclic) bond motifs is 1. The molecule has 0 atom stereocenters. The molecule has 1 heterocycles. The Morgan fingerprint density at radius 3 is 2.95 bits per heavy atom. The summed E-state index contributed by atoms with van der Waals surface area (Å²) in [6.07, 6.45) is 0. The fraction of sp³-hybridized carbons (Fsp3) is 0.133. The van der Waals surface area contributed by atoms with Gasteiger partial charge in [0.15, 0.2) is 0 Å². The van der Waals surface area contributed by atoms with E-state index in [0.29, 0.717) is 0 Å². The van der Waals surface area contributed by atoms with E-state index < -0.39 is 0 Å². The quantitative estimate of drug-likeness (QED) is 0.648. The zero-order valence-electron chi connectivity index (χ0n) is 10.8. The highest BCUT2D eigenvalue weighted by molar-refractivity contribution is 9.10. The summed E-state index contributed by atoms with van der Waals surface area (Å²) in [5.74, 6) is 0. The molecular weight excluding hydrogens is 356 g/mol. The van der Waals surface area contributed by atoms with Gasteiger partial charge < -0.3 is 5.32 Å². The second-order valence-electron chi connectivity index (χ2n) is 4.50. The molecule has 0 bridgehead atoms. The summed E-state index contributed by atoms with van der Waals surface area (Å²) in [5, 5.41) is 5.26. The van der Waals surface area contributed by atoms with Crippen LogP contribution in [0.3, 0.4) is 0 Å². The van der Waals surface area contributed by atoms with E-state index in [-0.39, 0.29) is 0 Å². The Bertz CT molecular complexity index is 770. The summed E-state index contributed by atoms with van der Waals surface area (Å²) < 4.78 is 2.27. The number of halogens is 2. The average molecular weight is 368 g/mol. The molecule has 1 N–H and O–H groups in total. The zero-order chi connectivity index (χ0) is 14.1. The van der Waals surface area contributed by atoms with E-state index in [1.54, 1.807) is 11.3 Å². The van der Waals surface area contributed by atoms with Gasteiger partial charge in [0.1, 0.15) is 0 Å². The van der Waals surface area contributed by atoms with Gasteiger partial charge >= 0.3 is 0 Å². The van der Waals surface area contributed by atoms with Crippen molar-refractivity contribution in [1.82, 2.24) is 4.98 Å². The number of benzene rings is 2. The Hall–Kier alpha value is -1.10. The minimum Gasteiger partial charge on any atom is -0.381 e. The van der Waals surface area contributed by atoms with Gasteiger partial charge in [0.25, 0.3) is 0 Å². The van der Waals surface area contributed by atoms with Crippen molar-refractivity contribution >= 4 is 54.8 Å². The Morgan fingerprint density at radius 1 is 1.25 bits per heavy atom. The Morgan fingerprint density at radius 2 is 2.10 bits per heavy atom. The van der Waals surface area contributed by atoms with E-state index in [0.717, 1.165) is 37.8 Å². The lowest BCUT2D eigenvalue weighted by molar-refractivity contribution is 1.14. The molecule has 0 aliphatic rings. The number of rotatable bonds is 3. The lowest BCUT2D eigenvalue weighted by Crippen LogP contribution is -1.99. The summed E-state index contributed by atoms with van der Waals surface area (Å²) >= 11 is 11.3. The van der Waals surface area contributed by atoms with E-state index in [1.165, 1.54) is 4.70 Å². The summed E-state index contributed by atoms with van der Waals surface area (Å²) in [7, 11) is 0. The molecule has 0 unspecified atom stereocenters. The fourth-order valence-electron chi connectivity index (χ4n) is 2.03. The highest BCUT2D eigenvalue weighted by Crippen LogP contribution is 2.26. The number of hydrogen-bond donors (Lipinski definition) is 1. The Labute approximate surface area is 134 Å². The van der Waals surface area contributed by atoms with Crippen molar-refractivity contribution in [2.24, 2.45) is 0 Å². The minimum absolute atomic E-state index is 0.727. The molecule has 0 saturated heterocycles. The van der Waals surface area contributed by atoms with Crippen LogP contribution in [-0.2, 0) is 6.54 Å². The average Bonchev–Trinajstić information content (AvgIpc) is 2.79. The number of nitrogens with one attached hydrogen (secondary N) is 1. The number of aromatic nitrogens is 1. The molecule has 0 aliphatic carbocycles. The summed E-state index contributed by atoms with van der Waals surface area (Å²) in [5.41, 5.74) is 3.29. The second-order valence-corrected chi connectivity index (χ2v) is 7.03. The zero-order valence-corrected chi connectivity index (χ0v) is 13.9. The van der Waals surface area contributed by atoms with Gasteiger partial charge in [0.2, 0.25) is 0 Å². The molecule has 102 valence electrons. The van der Waals surface area contributed by atoms with Gasteiger partial charge in [-0.25, -0.2) is 4.98 Å². The van der Waals surface area contributed by atoms with Gasteiger partial charge in [-0.1, -0.05) is 27.5 Å². The van der Waals surface area contributed by atoms with E-state index >= 15 is 0 Å². The number of thiazole rings is 1. The SMILES string of the molecule is Cc1nc2ccc(NCc3cc(Cl)ccc3Br)cc2s1. The highest BCUT2D eigenvalue weighted by atomic mass is 79.9. The first-order chi connectivity index (χ1) is 9.61. The van der Waals surface area contributed by atoms with Crippen LogP contribution in [0.4, 0.5) is 5.69 Å². The standard InChI is InChI=1S/C15H12BrClN2S/c1-9-19-14-5-3-12(7-15(14)20-9)18-8-10-6-11(17)2-4-13(10)16/h2-7,18H,8H2,1H3. The van der Waals surface area contributed by atoms with Gasteiger partial charge in [-0.2, -0.15) is 0 Å². The predicted octanol–water partition coefficient (Wildman–Crippen LogP) is 5.63. The molecule has 5 heteroatoms.